The van der Waals surface area contributed by atoms with E-state index in [-0.39, 0.29) is 5.56 Å². The van der Waals surface area contributed by atoms with E-state index in [1.165, 1.54) is 11.3 Å². The number of thioether (sulfide) groups is 1. The van der Waals surface area contributed by atoms with Crippen molar-refractivity contribution >= 4 is 62.8 Å². The van der Waals surface area contributed by atoms with Gasteiger partial charge in [-0.3, -0.25) is 9.36 Å². The minimum atomic E-state index is 0.0185. The van der Waals surface area contributed by atoms with E-state index in [0.29, 0.717) is 23.7 Å². The fourth-order valence-corrected chi connectivity index (χ4v) is 7.51. The Morgan fingerprint density at radius 3 is 2.85 bits per heavy atom. The number of anilines is 1. The highest BCUT2D eigenvalue weighted by molar-refractivity contribution is 8.08. The van der Waals surface area contributed by atoms with Crippen LogP contribution in [0.15, 0.2) is 63.7 Å². The molecule has 0 bridgehead atoms. The lowest BCUT2D eigenvalue weighted by Gasteiger charge is -2.12. The van der Waals surface area contributed by atoms with Gasteiger partial charge in [-0.15, -0.1) is 11.3 Å². The lowest BCUT2D eigenvalue weighted by atomic mass is 10.1. The number of hydrogen-bond acceptors (Lipinski definition) is 6. The fraction of sp³-hybridized carbons (Fsp3) is 0.160. The van der Waals surface area contributed by atoms with Crippen LogP contribution < -0.4 is 24.2 Å². The number of thiazole rings is 2. The van der Waals surface area contributed by atoms with Gasteiger partial charge in [0.15, 0.2) is 12.7 Å². The molecule has 34 heavy (non-hydrogen) atoms. The van der Waals surface area contributed by atoms with Gasteiger partial charge in [-0.2, -0.15) is 9.83 Å². The Morgan fingerprint density at radius 1 is 1.24 bits per heavy atom. The maximum atomic E-state index is 13.4. The third kappa shape index (κ3) is 4.10. The average molecular weight is 524 g/mol. The second kappa shape index (κ2) is 9.43. The van der Waals surface area contributed by atoms with Crippen LogP contribution in [0, 0.1) is 11.3 Å². The zero-order valence-corrected chi connectivity index (χ0v) is 21.7. The van der Waals surface area contributed by atoms with E-state index in [0.717, 1.165) is 35.4 Å². The molecule has 0 amide bonds. The highest BCUT2D eigenvalue weighted by atomic mass is 35.5. The third-order valence-electron chi connectivity index (χ3n) is 5.66. The number of nitriles is 1. The maximum absolute atomic E-state index is 13.4. The van der Waals surface area contributed by atoms with E-state index in [9.17, 15) is 10.1 Å². The zero-order chi connectivity index (χ0) is 23.8. The molecule has 5 rings (SSSR count). The lowest BCUT2D eigenvalue weighted by molar-refractivity contribution is -0.685. The summed E-state index contributed by atoms with van der Waals surface area (Å²) in [6.45, 7) is 3.18. The van der Waals surface area contributed by atoms with Gasteiger partial charge in [-0.25, -0.2) is 0 Å². The van der Waals surface area contributed by atoms with Crippen LogP contribution in [0.3, 0.4) is 0 Å². The largest absolute Gasteiger partial charge is 0.337 e. The summed E-state index contributed by atoms with van der Waals surface area (Å²) in [5.41, 5.74) is 2.72. The number of aromatic nitrogens is 2. The first-order valence-corrected chi connectivity index (χ1v) is 13.5. The first-order valence-electron chi connectivity index (χ1n) is 10.6. The molecule has 0 atom stereocenters. The van der Waals surface area contributed by atoms with Gasteiger partial charge in [0.1, 0.15) is 14.2 Å². The summed E-state index contributed by atoms with van der Waals surface area (Å²) in [7, 11) is 1.99. The molecule has 0 spiro atoms. The van der Waals surface area contributed by atoms with Crippen molar-refractivity contribution in [2.24, 2.45) is 0 Å². The van der Waals surface area contributed by atoms with Gasteiger partial charge in [0.2, 0.25) is 0 Å². The van der Waals surface area contributed by atoms with Crippen molar-refractivity contribution in [3.8, 4) is 6.07 Å². The summed E-state index contributed by atoms with van der Waals surface area (Å²) < 4.78 is 5.57. The smallest absolute Gasteiger partial charge is 0.271 e. The minimum Gasteiger partial charge on any atom is -0.337 e. The molecule has 5 nitrogen and oxygen atoms in total. The summed E-state index contributed by atoms with van der Waals surface area (Å²) in [6, 6.07) is 15.7. The summed E-state index contributed by atoms with van der Waals surface area (Å²) in [5.74, 6) is 0. The van der Waals surface area contributed by atoms with Crippen LogP contribution in [0.5, 0.6) is 0 Å². The van der Waals surface area contributed by atoms with Crippen LogP contribution in [0.2, 0.25) is 5.02 Å². The van der Waals surface area contributed by atoms with Crippen molar-refractivity contribution in [2.45, 2.75) is 24.9 Å². The molecule has 0 saturated carbocycles. The minimum absolute atomic E-state index is 0.0185. The predicted octanol–water partition coefficient (Wildman–Crippen LogP) is 3.99. The Hall–Kier alpha value is -2.83. The van der Waals surface area contributed by atoms with Gasteiger partial charge in [0.25, 0.3) is 10.6 Å². The van der Waals surface area contributed by atoms with Crippen molar-refractivity contribution in [1.29, 1.82) is 5.26 Å². The molecule has 0 radical (unpaired) electrons. The van der Waals surface area contributed by atoms with Crippen molar-refractivity contribution in [3.05, 3.63) is 94.7 Å². The molecular formula is C25H20ClN4OS3+. The van der Waals surface area contributed by atoms with E-state index < -0.39 is 0 Å². The molecule has 0 saturated heterocycles. The van der Waals surface area contributed by atoms with Crippen LogP contribution in [0.25, 0.3) is 11.1 Å². The molecule has 9 heteroatoms. The summed E-state index contributed by atoms with van der Waals surface area (Å²) in [6.07, 6.45) is 4.09. The Labute approximate surface area is 214 Å². The number of fused-ring (bicyclic) bond motifs is 1. The monoisotopic (exact) mass is 523 g/mol. The number of halogens is 1. The quantitative estimate of drug-likeness (QED) is 0.380. The number of benzene rings is 2. The molecule has 1 aliphatic rings. The Balaban J connectivity index is 1.61. The van der Waals surface area contributed by atoms with Crippen LogP contribution in [-0.2, 0) is 13.1 Å². The molecule has 3 heterocycles. The summed E-state index contributed by atoms with van der Waals surface area (Å²) in [5, 5.41) is 14.1. The topological polar surface area (TPSA) is 52.9 Å². The fourth-order valence-electron chi connectivity index (χ4n) is 3.91. The Bertz CT molecular complexity index is 1630. The Kier molecular flexibility index (Phi) is 6.36. The first kappa shape index (κ1) is 22.9. The van der Waals surface area contributed by atoms with Crippen molar-refractivity contribution in [3.63, 3.8) is 0 Å². The standard InChI is InChI=1S/C25H20ClN4OS3/c1-3-30-22(13-21-29(10-11-32-21)15-17-7-5-4-6-16(17)14-27)34-23(24(30)31)25-28(2)19-9-8-18(26)12-20(19)33-25/h4-13H,3,15H2,1-2H3/q+1/b25-23+. The maximum Gasteiger partial charge on any atom is 0.271 e. The first-order chi connectivity index (χ1) is 16.5. The van der Waals surface area contributed by atoms with Gasteiger partial charge in [0, 0.05) is 29.1 Å². The summed E-state index contributed by atoms with van der Waals surface area (Å²) >= 11 is 10.9. The van der Waals surface area contributed by atoms with Gasteiger partial charge in [0.05, 0.1) is 28.8 Å². The van der Waals surface area contributed by atoms with E-state index in [1.54, 1.807) is 23.1 Å². The SMILES string of the molecule is CCn1c(=O)/c(=C2\Sc3cc(Cl)ccc3N2C)s/c1=C\c1scc[n+]1Cc1ccccc1C#N. The lowest BCUT2D eigenvalue weighted by Crippen LogP contribution is -2.36. The predicted molar refractivity (Wildman–Crippen MR) is 141 cm³/mol. The highest BCUT2D eigenvalue weighted by Gasteiger charge is 2.25. The molecule has 0 N–H and O–H groups in total. The summed E-state index contributed by atoms with van der Waals surface area (Å²) in [4.78, 5) is 16.5. The zero-order valence-electron chi connectivity index (χ0n) is 18.5. The highest BCUT2D eigenvalue weighted by Crippen LogP contribution is 2.46. The van der Waals surface area contributed by atoms with E-state index in [2.05, 4.69) is 21.6 Å². The van der Waals surface area contributed by atoms with Crippen LogP contribution in [0.1, 0.15) is 23.1 Å². The van der Waals surface area contributed by atoms with Crippen LogP contribution in [0.4, 0.5) is 5.69 Å². The van der Waals surface area contributed by atoms with E-state index in [1.807, 2.05) is 72.6 Å². The van der Waals surface area contributed by atoms with Gasteiger partial charge in [-0.1, -0.05) is 52.9 Å². The molecule has 0 fully saturated rings. The number of hydrogen-bond donors (Lipinski definition) is 0. The van der Waals surface area contributed by atoms with Crippen LogP contribution in [-0.4, -0.2) is 11.6 Å². The van der Waals surface area contributed by atoms with Gasteiger partial charge in [-0.05, 0) is 31.2 Å². The molecule has 4 aromatic rings. The molecule has 2 aromatic heterocycles. The normalized spacial score (nSPS) is 15.0. The van der Waals surface area contributed by atoms with Crippen molar-refractivity contribution < 1.29 is 4.57 Å². The number of rotatable bonds is 4. The molecule has 0 unspecified atom stereocenters. The van der Waals surface area contributed by atoms with Crippen molar-refractivity contribution in [2.75, 3.05) is 11.9 Å². The molecular weight excluding hydrogens is 504 g/mol. The van der Waals surface area contributed by atoms with E-state index in [4.69, 9.17) is 11.6 Å². The van der Waals surface area contributed by atoms with Crippen LogP contribution >= 0.6 is 46.0 Å². The van der Waals surface area contributed by atoms with Gasteiger partial charge >= 0.3 is 0 Å². The van der Waals surface area contributed by atoms with Gasteiger partial charge < -0.3 is 4.90 Å². The molecule has 1 aliphatic heterocycles. The molecule has 2 aromatic carbocycles. The number of nitrogens with zero attached hydrogens (tertiary/aromatic N) is 4. The molecule has 0 aliphatic carbocycles. The van der Waals surface area contributed by atoms with E-state index >= 15 is 0 Å². The van der Waals surface area contributed by atoms with Crippen molar-refractivity contribution in [1.82, 2.24) is 4.57 Å². The molecule has 170 valence electrons. The average Bonchev–Trinajstić information content (AvgIpc) is 3.50. The Morgan fingerprint density at radius 2 is 2.06 bits per heavy atom. The third-order valence-corrected chi connectivity index (χ3v) is 9.21. The second-order valence-electron chi connectivity index (χ2n) is 7.68. The second-order valence-corrected chi connectivity index (χ2v) is 11.1.